The number of hydrogen-bond donors (Lipinski definition) is 1. The molecule has 2 aromatic rings. The van der Waals surface area contributed by atoms with Gasteiger partial charge in [0.25, 0.3) is 5.91 Å². The molecule has 1 fully saturated rings. The van der Waals surface area contributed by atoms with Crippen LogP contribution in [0.5, 0.6) is 11.5 Å². The zero-order valence-corrected chi connectivity index (χ0v) is 16.6. The molecule has 0 unspecified atom stereocenters. The van der Waals surface area contributed by atoms with E-state index in [9.17, 15) is 9.90 Å². The molecular formula is C19H17N3O3S2. The van der Waals surface area contributed by atoms with E-state index in [0.717, 1.165) is 21.4 Å². The van der Waals surface area contributed by atoms with Gasteiger partial charge in [0, 0.05) is 31.1 Å². The van der Waals surface area contributed by atoms with Gasteiger partial charge in [-0.2, -0.15) is 0 Å². The topological polar surface area (TPSA) is 65.4 Å². The fraction of sp³-hybridized carbons (Fsp3) is 0.158. The highest BCUT2D eigenvalue weighted by Crippen LogP contribution is 2.50. The minimum atomic E-state index is -0.0898. The van der Waals surface area contributed by atoms with Crippen molar-refractivity contribution in [2.24, 2.45) is 4.99 Å². The van der Waals surface area contributed by atoms with Crippen molar-refractivity contribution in [3.8, 4) is 11.5 Å². The van der Waals surface area contributed by atoms with Gasteiger partial charge in [-0.3, -0.25) is 9.69 Å². The highest BCUT2D eigenvalue weighted by molar-refractivity contribution is 8.19. The van der Waals surface area contributed by atoms with Gasteiger partial charge < -0.3 is 14.7 Å². The molecule has 0 spiro atoms. The van der Waals surface area contributed by atoms with Crippen LogP contribution in [0.4, 0.5) is 11.4 Å². The van der Waals surface area contributed by atoms with Crippen LogP contribution in [0.15, 0.2) is 62.3 Å². The van der Waals surface area contributed by atoms with Gasteiger partial charge in [0.2, 0.25) is 0 Å². The zero-order chi connectivity index (χ0) is 19.1. The normalized spacial score (nSPS) is 20.6. The first-order valence-corrected chi connectivity index (χ1v) is 9.79. The molecule has 0 bridgehead atoms. The Bertz CT molecular complexity index is 1000. The van der Waals surface area contributed by atoms with Crippen LogP contribution >= 0.6 is 23.5 Å². The number of carbonyl (C=O) groups excluding carboxylic acids is 1. The predicted molar refractivity (Wildman–Crippen MR) is 110 cm³/mol. The van der Waals surface area contributed by atoms with E-state index in [0.29, 0.717) is 15.8 Å². The smallest absolute Gasteiger partial charge is 0.269 e. The molecule has 27 heavy (non-hydrogen) atoms. The molecule has 0 atom stereocenters. The molecule has 1 amide bonds. The van der Waals surface area contributed by atoms with E-state index < -0.39 is 0 Å². The van der Waals surface area contributed by atoms with E-state index >= 15 is 0 Å². The summed E-state index contributed by atoms with van der Waals surface area (Å²) in [5.41, 5.74) is 1.61. The maximum atomic E-state index is 12.8. The van der Waals surface area contributed by atoms with Gasteiger partial charge in [-0.05, 0) is 36.0 Å². The van der Waals surface area contributed by atoms with Crippen molar-refractivity contribution in [1.29, 1.82) is 0 Å². The maximum absolute atomic E-state index is 12.8. The minimum absolute atomic E-state index is 0.0898. The first-order chi connectivity index (χ1) is 13.0. The number of aromatic hydroxyl groups is 1. The number of amides is 1. The van der Waals surface area contributed by atoms with Crippen molar-refractivity contribution in [3.05, 3.63) is 52.4 Å². The van der Waals surface area contributed by atoms with Crippen molar-refractivity contribution in [1.82, 2.24) is 4.90 Å². The Morgan fingerprint density at radius 3 is 2.63 bits per heavy atom. The largest absolute Gasteiger partial charge is 0.508 e. The molecule has 0 aromatic heterocycles. The van der Waals surface area contributed by atoms with Gasteiger partial charge in [-0.25, -0.2) is 4.99 Å². The summed E-state index contributed by atoms with van der Waals surface area (Å²) in [5, 5.41) is 11.1. The van der Waals surface area contributed by atoms with Crippen LogP contribution in [0.3, 0.4) is 0 Å². The second-order valence-electron chi connectivity index (χ2n) is 6.01. The van der Waals surface area contributed by atoms with Gasteiger partial charge in [0.1, 0.15) is 16.4 Å². The first kappa shape index (κ1) is 17.8. The lowest BCUT2D eigenvalue weighted by molar-refractivity contribution is -0.121. The summed E-state index contributed by atoms with van der Waals surface area (Å²) in [6, 6.07) is 12.5. The zero-order valence-electron chi connectivity index (χ0n) is 15.0. The third-order valence-electron chi connectivity index (χ3n) is 4.27. The lowest BCUT2D eigenvalue weighted by atomic mass is 10.3. The first-order valence-electron chi connectivity index (χ1n) is 8.15. The number of anilines is 1. The molecule has 0 aliphatic carbocycles. The Morgan fingerprint density at radius 2 is 1.89 bits per heavy atom. The molecule has 2 heterocycles. The maximum Gasteiger partial charge on any atom is 0.269 e. The number of carbonyl (C=O) groups is 1. The number of hydrogen-bond acceptors (Lipinski definition) is 7. The van der Waals surface area contributed by atoms with E-state index in [2.05, 4.69) is 4.99 Å². The molecule has 1 N–H and O–H groups in total. The Hall–Kier alpha value is -2.58. The van der Waals surface area contributed by atoms with Gasteiger partial charge in [0.15, 0.2) is 5.17 Å². The van der Waals surface area contributed by atoms with Gasteiger partial charge in [-0.1, -0.05) is 17.8 Å². The summed E-state index contributed by atoms with van der Waals surface area (Å²) in [4.78, 5) is 22.6. The van der Waals surface area contributed by atoms with E-state index in [1.807, 2.05) is 30.1 Å². The number of fused-ring (bicyclic) bond motifs is 1. The number of phenols is 1. The van der Waals surface area contributed by atoms with Crippen LogP contribution in [-0.2, 0) is 4.79 Å². The number of thioether (sulfide) groups is 2. The highest BCUT2D eigenvalue weighted by atomic mass is 32.2. The third-order valence-corrected chi connectivity index (χ3v) is 6.75. The molecule has 1 saturated heterocycles. The second kappa shape index (κ2) is 6.86. The Balaban J connectivity index is 1.69. The van der Waals surface area contributed by atoms with Crippen LogP contribution in [0.2, 0.25) is 0 Å². The lowest BCUT2D eigenvalue weighted by Crippen LogP contribution is -2.24. The Labute approximate surface area is 165 Å². The van der Waals surface area contributed by atoms with Crippen LogP contribution in [0.25, 0.3) is 0 Å². The van der Waals surface area contributed by atoms with E-state index in [1.54, 1.807) is 50.2 Å². The van der Waals surface area contributed by atoms with E-state index in [-0.39, 0.29) is 11.7 Å². The van der Waals surface area contributed by atoms with E-state index in [4.69, 9.17) is 4.74 Å². The van der Waals surface area contributed by atoms with Gasteiger partial charge in [-0.15, -0.1) is 0 Å². The molecule has 0 radical (unpaired) electrons. The molecule has 6 nitrogen and oxygen atoms in total. The standard InChI is InChI=1S/C19H17N3O3S2/c1-21-14-10-13(25-3)7-8-15(14)26-18(21)16-17(24)22(2)19(27-16)20-11-5-4-6-12(23)9-11/h4-10,23H,1-3H3/b18-16-,20-19?. The van der Waals surface area contributed by atoms with Gasteiger partial charge in [0.05, 0.1) is 23.5 Å². The molecule has 4 rings (SSSR count). The number of rotatable bonds is 2. The number of ether oxygens (including phenoxy) is 1. The number of amidine groups is 1. The number of benzene rings is 2. The van der Waals surface area contributed by atoms with Crippen LogP contribution in [0.1, 0.15) is 0 Å². The Kier molecular flexibility index (Phi) is 4.53. The molecule has 138 valence electrons. The van der Waals surface area contributed by atoms with Crippen molar-refractivity contribution >= 4 is 46.0 Å². The minimum Gasteiger partial charge on any atom is -0.508 e. The number of nitrogens with zero attached hydrogens (tertiary/aromatic N) is 3. The molecule has 0 saturated carbocycles. The third kappa shape index (κ3) is 3.15. The lowest BCUT2D eigenvalue weighted by Gasteiger charge is -2.15. The van der Waals surface area contributed by atoms with Crippen LogP contribution < -0.4 is 9.64 Å². The number of likely N-dealkylation sites (N-methyl/N-ethyl adjacent to an activating group) is 1. The van der Waals surface area contributed by atoms with E-state index in [1.165, 1.54) is 16.7 Å². The number of methoxy groups -OCH3 is 1. The highest BCUT2D eigenvalue weighted by Gasteiger charge is 2.37. The monoisotopic (exact) mass is 399 g/mol. The molecule has 2 aliphatic rings. The Morgan fingerprint density at radius 1 is 1.07 bits per heavy atom. The SMILES string of the molecule is COc1ccc2c(c1)N(C)/C(=C1/SC(=Nc3cccc(O)c3)N(C)C1=O)S2. The van der Waals surface area contributed by atoms with Crippen molar-refractivity contribution in [3.63, 3.8) is 0 Å². The van der Waals surface area contributed by atoms with Gasteiger partial charge >= 0.3 is 0 Å². The fourth-order valence-corrected chi connectivity index (χ4v) is 5.11. The molecular weight excluding hydrogens is 382 g/mol. The quantitative estimate of drug-likeness (QED) is 0.770. The molecule has 2 aliphatic heterocycles. The summed E-state index contributed by atoms with van der Waals surface area (Å²) in [6.07, 6.45) is 0. The second-order valence-corrected chi connectivity index (χ2v) is 8.02. The van der Waals surface area contributed by atoms with Crippen molar-refractivity contribution in [2.75, 3.05) is 26.1 Å². The molecule has 2 aromatic carbocycles. The summed E-state index contributed by atoms with van der Waals surface area (Å²) < 4.78 is 5.31. The van der Waals surface area contributed by atoms with Crippen molar-refractivity contribution in [2.45, 2.75) is 4.90 Å². The molecule has 8 heteroatoms. The fourth-order valence-electron chi connectivity index (χ4n) is 2.80. The predicted octanol–water partition coefficient (Wildman–Crippen LogP) is 4.00. The average molecular weight is 399 g/mol. The summed E-state index contributed by atoms with van der Waals surface area (Å²) in [5.74, 6) is 0.831. The average Bonchev–Trinajstić information content (AvgIpc) is 3.13. The summed E-state index contributed by atoms with van der Waals surface area (Å²) in [6.45, 7) is 0. The number of phenolic OH excluding ortho intramolecular Hbond substituents is 1. The van der Waals surface area contributed by atoms with Crippen LogP contribution in [-0.4, -0.2) is 42.3 Å². The number of aliphatic imine (C=N–C) groups is 1. The summed E-state index contributed by atoms with van der Waals surface area (Å²) >= 11 is 2.90. The van der Waals surface area contributed by atoms with Crippen molar-refractivity contribution < 1.29 is 14.6 Å². The summed E-state index contributed by atoms with van der Waals surface area (Å²) in [7, 11) is 5.29. The van der Waals surface area contributed by atoms with Crippen LogP contribution in [0, 0.1) is 0 Å².